The Morgan fingerprint density at radius 1 is 1.41 bits per heavy atom. The molecule has 4 nitrogen and oxygen atoms in total. The molecule has 1 N–H and O–H groups in total. The molecular weight excluding hydrogens is 380 g/mol. The Balaban J connectivity index is 2.37. The smallest absolute Gasteiger partial charge is 0.305 e. The summed E-state index contributed by atoms with van der Waals surface area (Å²) < 4.78 is 4.62. The average molecular weight is 413 g/mol. The lowest BCUT2D eigenvalue weighted by Crippen LogP contribution is -2.19. The summed E-state index contributed by atoms with van der Waals surface area (Å²) >= 11 is 3.46. The highest BCUT2D eigenvalue weighted by atomic mass is 32.2. The number of esters is 1. The van der Waals surface area contributed by atoms with Gasteiger partial charge in [0.2, 0.25) is 0 Å². The van der Waals surface area contributed by atoms with E-state index in [-0.39, 0.29) is 30.0 Å². The number of aliphatic hydroxyl groups excluding tert-OH is 1. The topological polar surface area (TPSA) is 63.6 Å². The van der Waals surface area contributed by atoms with Crippen molar-refractivity contribution in [2.75, 3.05) is 18.6 Å². The Morgan fingerprint density at radius 3 is 2.89 bits per heavy atom. The van der Waals surface area contributed by atoms with Gasteiger partial charge >= 0.3 is 5.97 Å². The van der Waals surface area contributed by atoms with Gasteiger partial charge in [-0.15, -0.1) is 23.6 Å². The Hall–Kier alpha value is -0.900. The first-order chi connectivity index (χ1) is 13.0. The molecule has 0 bridgehead atoms. The predicted octanol–water partition coefficient (Wildman–Crippen LogP) is 4.07. The second-order valence-electron chi connectivity index (χ2n) is 6.69. The molecule has 0 aromatic heterocycles. The van der Waals surface area contributed by atoms with Crippen molar-refractivity contribution in [1.29, 1.82) is 0 Å². The first kappa shape index (κ1) is 24.1. The van der Waals surface area contributed by atoms with Gasteiger partial charge in [0.05, 0.1) is 13.2 Å². The van der Waals surface area contributed by atoms with Crippen LogP contribution in [-0.2, 0) is 14.3 Å². The number of methoxy groups -OCH3 is 1. The van der Waals surface area contributed by atoms with Crippen molar-refractivity contribution < 1.29 is 19.4 Å². The molecule has 152 valence electrons. The quantitative estimate of drug-likeness (QED) is 0.314. The number of Topliss-reactive ketones (excluding diaryl/α,β-unsaturated/α-hetero) is 1. The zero-order valence-electron chi connectivity index (χ0n) is 16.6. The summed E-state index contributed by atoms with van der Waals surface area (Å²) in [5, 5.41) is 12.7. The molecule has 4 atom stereocenters. The van der Waals surface area contributed by atoms with Crippen LogP contribution in [0.15, 0.2) is 11.5 Å². The van der Waals surface area contributed by atoms with Gasteiger partial charge < -0.3 is 9.84 Å². The number of carbonyl (C=O) groups excluding carboxylic acids is 2. The van der Waals surface area contributed by atoms with Crippen LogP contribution in [0.1, 0.15) is 52.4 Å². The molecule has 0 unspecified atom stereocenters. The summed E-state index contributed by atoms with van der Waals surface area (Å²) in [6.07, 6.45) is 5.43. The summed E-state index contributed by atoms with van der Waals surface area (Å²) in [6.45, 7) is 4.18. The molecule has 0 radical (unpaired) electrons. The maximum absolute atomic E-state index is 12.2. The van der Waals surface area contributed by atoms with Crippen LogP contribution in [-0.4, -0.2) is 46.8 Å². The lowest BCUT2D eigenvalue weighted by Gasteiger charge is -2.17. The van der Waals surface area contributed by atoms with Gasteiger partial charge in [-0.05, 0) is 29.8 Å². The van der Waals surface area contributed by atoms with Gasteiger partial charge in [-0.2, -0.15) is 11.8 Å². The van der Waals surface area contributed by atoms with Crippen LogP contribution >= 0.6 is 23.5 Å². The van der Waals surface area contributed by atoms with Crippen LogP contribution in [0.25, 0.3) is 0 Å². The fraction of sp³-hybridized carbons (Fsp3) is 0.714. The van der Waals surface area contributed by atoms with Gasteiger partial charge in [0.15, 0.2) is 0 Å². The van der Waals surface area contributed by atoms with Crippen LogP contribution in [0, 0.1) is 23.7 Å². The van der Waals surface area contributed by atoms with E-state index in [4.69, 9.17) is 0 Å². The molecule has 0 heterocycles. The highest BCUT2D eigenvalue weighted by molar-refractivity contribution is 8.02. The third-order valence-corrected chi connectivity index (χ3v) is 6.55. The van der Waals surface area contributed by atoms with Crippen molar-refractivity contribution in [3.8, 4) is 11.8 Å². The maximum atomic E-state index is 12.2. The molecular formula is C21H32O4S2. The summed E-state index contributed by atoms with van der Waals surface area (Å²) in [7, 11) is 1.40. The minimum Gasteiger partial charge on any atom is -0.469 e. The first-order valence-corrected chi connectivity index (χ1v) is 11.7. The second kappa shape index (κ2) is 14.1. The fourth-order valence-corrected chi connectivity index (χ4v) is 4.68. The molecule has 0 saturated heterocycles. The van der Waals surface area contributed by atoms with Crippen LogP contribution < -0.4 is 0 Å². The lowest BCUT2D eigenvalue weighted by molar-refractivity contribution is -0.140. The van der Waals surface area contributed by atoms with Crippen LogP contribution in [0.2, 0.25) is 0 Å². The lowest BCUT2D eigenvalue weighted by atomic mass is 9.92. The minimum absolute atomic E-state index is 0.0883. The van der Waals surface area contributed by atoms with E-state index >= 15 is 0 Å². The molecule has 1 rings (SSSR count). The predicted molar refractivity (Wildman–Crippen MR) is 115 cm³/mol. The van der Waals surface area contributed by atoms with Crippen LogP contribution in [0.5, 0.6) is 0 Å². The van der Waals surface area contributed by atoms with E-state index in [1.165, 1.54) is 7.11 Å². The average Bonchev–Trinajstić information content (AvgIpc) is 2.91. The molecule has 0 amide bonds. The summed E-state index contributed by atoms with van der Waals surface area (Å²) in [6, 6.07) is 0. The van der Waals surface area contributed by atoms with Crippen molar-refractivity contribution in [2.24, 2.45) is 11.8 Å². The molecule has 1 aliphatic carbocycles. The van der Waals surface area contributed by atoms with Gasteiger partial charge in [-0.25, -0.2) is 0 Å². The highest BCUT2D eigenvalue weighted by Gasteiger charge is 2.39. The Morgan fingerprint density at radius 2 is 2.19 bits per heavy atom. The fourth-order valence-electron chi connectivity index (χ4n) is 2.98. The first-order valence-electron chi connectivity index (χ1n) is 9.62. The SMILES string of the molecule is CCC#CC[C@H](C)S/C=C/[C@H]1[C@H](O)CC(=O)[C@@H]1CCSCCCC(=O)OC. The third-order valence-electron chi connectivity index (χ3n) is 4.51. The zero-order chi connectivity index (χ0) is 20.1. The normalized spacial score (nSPS) is 23.3. The molecule has 1 saturated carbocycles. The summed E-state index contributed by atoms with van der Waals surface area (Å²) in [4.78, 5) is 23.3. The van der Waals surface area contributed by atoms with Gasteiger partial charge in [-0.1, -0.05) is 19.9 Å². The zero-order valence-corrected chi connectivity index (χ0v) is 18.2. The molecule has 27 heavy (non-hydrogen) atoms. The van der Waals surface area contributed by atoms with Crippen molar-refractivity contribution in [3.05, 3.63) is 11.5 Å². The summed E-state index contributed by atoms with van der Waals surface area (Å²) in [5.41, 5.74) is 0. The molecule has 0 aromatic rings. The van der Waals surface area contributed by atoms with E-state index in [2.05, 4.69) is 23.5 Å². The van der Waals surface area contributed by atoms with E-state index in [0.29, 0.717) is 11.7 Å². The number of aliphatic hydroxyl groups is 1. The number of rotatable bonds is 11. The van der Waals surface area contributed by atoms with E-state index in [0.717, 1.165) is 37.2 Å². The standard InChI is InChI=1S/C21H32O4S2/c1-4-5-6-8-16(2)27-14-11-18-17(19(22)15-20(18)23)10-13-26-12-7-9-21(24)25-3/h11,14,16-18,20,23H,4,7-10,12-13,15H2,1-3H3/b14-11+/t16-,17+,18+,20+/m0/s1. The van der Waals surface area contributed by atoms with Gasteiger partial charge in [0.1, 0.15) is 5.78 Å². The number of ether oxygens (including phenoxy) is 1. The largest absolute Gasteiger partial charge is 0.469 e. The molecule has 1 fully saturated rings. The summed E-state index contributed by atoms with van der Waals surface area (Å²) in [5.74, 6) is 7.78. The molecule has 0 spiro atoms. The number of ketones is 1. The number of carbonyl (C=O) groups is 2. The van der Waals surface area contributed by atoms with Gasteiger partial charge in [0.25, 0.3) is 0 Å². The van der Waals surface area contributed by atoms with Gasteiger partial charge in [-0.3, -0.25) is 9.59 Å². The number of thioether (sulfide) groups is 2. The Bertz CT molecular complexity index is 550. The Kier molecular flexibility index (Phi) is 12.6. The van der Waals surface area contributed by atoms with E-state index in [1.807, 2.05) is 18.4 Å². The Labute approximate surface area is 172 Å². The van der Waals surface area contributed by atoms with E-state index < -0.39 is 6.10 Å². The van der Waals surface area contributed by atoms with Crippen molar-refractivity contribution in [2.45, 2.75) is 63.7 Å². The van der Waals surface area contributed by atoms with Crippen LogP contribution in [0.4, 0.5) is 0 Å². The van der Waals surface area contributed by atoms with E-state index in [9.17, 15) is 14.7 Å². The minimum atomic E-state index is -0.570. The van der Waals surface area contributed by atoms with Gasteiger partial charge in [0, 0.05) is 42.8 Å². The molecule has 0 aromatic carbocycles. The monoisotopic (exact) mass is 412 g/mol. The van der Waals surface area contributed by atoms with Crippen LogP contribution in [0.3, 0.4) is 0 Å². The number of hydrogen-bond donors (Lipinski definition) is 1. The van der Waals surface area contributed by atoms with E-state index in [1.54, 1.807) is 23.5 Å². The van der Waals surface area contributed by atoms with Crippen molar-refractivity contribution in [3.63, 3.8) is 0 Å². The molecule has 0 aliphatic heterocycles. The molecule has 1 aliphatic rings. The molecule has 6 heteroatoms. The third kappa shape index (κ3) is 9.73. The van der Waals surface area contributed by atoms with Crippen molar-refractivity contribution in [1.82, 2.24) is 0 Å². The second-order valence-corrected chi connectivity index (χ2v) is 9.26. The van der Waals surface area contributed by atoms with Crippen molar-refractivity contribution >= 4 is 35.3 Å². The maximum Gasteiger partial charge on any atom is 0.305 e. The number of hydrogen-bond acceptors (Lipinski definition) is 6. The highest BCUT2D eigenvalue weighted by Crippen LogP contribution is 2.34.